The van der Waals surface area contributed by atoms with E-state index >= 15 is 0 Å². The van der Waals surface area contributed by atoms with Crippen molar-refractivity contribution in [2.24, 2.45) is 0 Å². The molecule has 0 aromatic carbocycles. The second-order valence-corrected chi connectivity index (χ2v) is 6.24. The normalized spacial score (nSPS) is 10.5. The van der Waals surface area contributed by atoms with E-state index in [0.717, 1.165) is 12.8 Å². The number of hydrogen-bond acceptors (Lipinski definition) is 4. The Morgan fingerprint density at radius 1 is 0.810 bits per heavy atom. The molecule has 0 aliphatic carbocycles. The Hall–Kier alpha value is -0.710. The van der Waals surface area contributed by atoms with Crippen molar-refractivity contribution in [2.45, 2.75) is 84.0 Å². The smallest absolute Gasteiger partial charge is 0.378 e. The molecule has 0 bridgehead atoms. The van der Waals surface area contributed by atoms with Crippen molar-refractivity contribution in [3.05, 3.63) is 0 Å². The predicted octanol–water partition coefficient (Wildman–Crippen LogP) is 6.24. The maximum absolute atomic E-state index is 10.9. The fourth-order valence-corrected chi connectivity index (χ4v) is 2.48. The first kappa shape index (κ1) is 20.3. The van der Waals surface area contributed by atoms with E-state index in [9.17, 15) is 9.59 Å². The highest BCUT2D eigenvalue weighted by atomic mass is 32.2. The number of carbonyl (C=O) groups is 2. The van der Waals surface area contributed by atoms with E-state index in [0.29, 0.717) is 6.61 Å². The summed E-state index contributed by atoms with van der Waals surface area (Å²) < 4.78 is 4.79. The maximum atomic E-state index is 10.9. The lowest BCUT2D eigenvalue weighted by atomic mass is 10.1. The summed E-state index contributed by atoms with van der Waals surface area (Å²) in [4.78, 5) is 21.1. The van der Waals surface area contributed by atoms with Crippen molar-refractivity contribution in [1.82, 2.24) is 0 Å². The first-order valence-electron chi connectivity index (χ1n) is 8.24. The Bertz CT molecular complexity index is 269. The van der Waals surface area contributed by atoms with Crippen LogP contribution in [0.5, 0.6) is 0 Å². The molecular weight excluding hydrogens is 288 g/mol. The predicted molar refractivity (Wildman–Crippen MR) is 88.0 cm³/mol. The lowest BCUT2D eigenvalue weighted by Gasteiger charge is -2.03. The molecule has 0 aromatic heterocycles. The van der Waals surface area contributed by atoms with Crippen molar-refractivity contribution >= 4 is 22.4 Å². The van der Waals surface area contributed by atoms with Crippen molar-refractivity contribution in [2.75, 3.05) is 6.61 Å². The molecule has 0 aliphatic rings. The molecule has 0 unspecified atom stereocenters. The molecule has 0 aliphatic heterocycles. The molecule has 4 nitrogen and oxygen atoms in total. The summed E-state index contributed by atoms with van der Waals surface area (Å²) in [5.41, 5.74) is 0. The minimum absolute atomic E-state index is 0.194. The van der Waals surface area contributed by atoms with E-state index in [1.807, 2.05) is 0 Å². The lowest BCUT2D eigenvalue weighted by molar-refractivity contribution is 0.172. The average molecular weight is 318 g/mol. The van der Waals surface area contributed by atoms with Gasteiger partial charge in [-0.05, 0) is 6.42 Å². The number of carboxylic acid groups (broad SMARTS) is 1. The number of thioether (sulfide) groups is 1. The van der Waals surface area contributed by atoms with Gasteiger partial charge >= 0.3 is 10.6 Å². The summed E-state index contributed by atoms with van der Waals surface area (Å²) in [6.07, 6.45) is 15.1. The van der Waals surface area contributed by atoms with E-state index in [-0.39, 0.29) is 11.8 Å². The minimum Gasteiger partial charge on any atom is -0.473 e. The molecule has 0 fully saturated rings. The fraction of sp³-hybridized carbons (Fsp3) is 0.875. The van der Waals surface area contributed by atoms with Crippen LogP contribution < -0.4 is 0 Å². The molecule has 0 amide bonds. The first-order chi connectivity index (χ1) is 10.2. The maximum Gasteiger partial charge on any atom is 0.378 e. The molecule has 0 radical (unpaired) electrons. The summed E-state index contributed by atoms with van der Waals surface area (Å²) in [5.74, 6) is 0. The van der Waals surface area contributed by atoms with Crippen LogP contribution in [0.15, 0.2) is 0 Å². The molecule has 0 rings (SSSR count). The highest BCUT2D eigenvalue weighted by molar-refractivity contribution is 8.25. The minimum atomic E-state index is -1.21. The monoisotopic (exact) mass is 318 g/mol. The zero-order valence-electron chi connectivity index (χ0n) is 13.3. The molecule has 5 heteroatoms. The quantitative estimate of drug-likeness (QED) is 0.322. The molecule has 0 atom stereocenters. The summed E-state index contributed by atoms with van der Waals surface area (Å²) in [6.45, 7) is 2.57. The molecule has 1 N–H and O–H groups in total. The van der Waals surface area contributed by atoms with Crippen LogP contribution in [0.2, 0.25) is 0 Å². The van der Waals surface area contributed by atoms with Crippen molar-refractivity contribution < 1.29 is 19.4 Å². The van der Waals surface area contributed by atoms with E-state index < -0.39 is 10.6 Å². The molecule has 0 saturated heterocycles. The largest absolute Gasteiger partial charge is 0.473 e. The second kappa shape index (κ2) is 15.7. The van der Waals surface area contributed by atoms with Crippen LogP contribution in [0.25, 0.3) is 0 Å². The van der Waals surface area contributed by atoms with Crippen LogP contribution in [0, 0.1) is 0 Å². The third-order valence-corrected chi connectivity index (χ3v) is 3.85. The van der Waals surface area contributed by atoms with Gasteiger partial charge in [-0.25, -0.2) is 9.59 Å². The highest BCUT2D eigenvalue weighted by Gasteiger charge is 2.09. The summed E-state index contributed by atoms with van der Waals surface area (Å²) in [5, 5.41) is 6.42. The third kappa shape index (κ3) is 17.2. The van der Waals surface area contributed by atoms with Gasteiger partial charge < -0.3 is 9.84 Å². The van der Waals surface area contributed by atoms with Gasteiger partial charge in [0.25, 0.3) is 0 Å². The summed E-state index contributed by atoms with van der Waals surface area (Å²) >= 11 is 0.194. The van der Waals surface area contributed by atoms with Gasteiger partial charge in [-0.2, -0.15) is 0 Å². The van der Waals surface area contributed by atoms with Crippen LogP contribution in [0.1, 0.15) is 84.0 Å². The molecule has 0 saturated carbocycles. The topological polar surface area (TPSA) is 63.6 Å². The number of ether oxygens (including phenoxy) is 1. The molecule has 124 valence electrons. The van der Waals surface area contributed by atoms with Gasteiger partial charge in [0, 0.05) is 0 Å². The Kier molecular flexibility index (Phi) is 15.1. The zero-order chi connectivity index (χ0) is 15.8. The van der Waals surface area contributed by atoms with E-state index in [1.54, 1.807) is 0 Å². The SMILES string of the molecule is CCCCCCCCCCCCCCOC(=O)SC(=O)O. The molecule has 21 heavy (non-hydrogen) atoms. The summed E-state index contributed by atoms with van der Waals surface area (Å²) in [6, 6.07) is 0. The van der Waals surface area contributed by atoms with E-state index in [2.05, 4.69) is 6.92 Å². The Morgan fingerprint density at radius 2 is 1.24 bits per heavy atom. The summed E-state index contributed by atoms with van der Waals surface area (Å²) in [7, 11) is 0. The van der Waals surface area contributed by atoms with Crippen molar-refractivity contribution in [3.63, 3.8) is 0 Å². The van der Waals surface area contributed by atoms with E-state index in [4.69, 9.17) is 9.84 Å². The number of unbranched alkanes of at least 4 members (excludes halogenated alkanes) is 11. The molecule has 0 heterocycles. The van der Waals surface area contributed by atoms with Gasteiger partial charge in [-0.3, -0.25) is 0 Å². The fourth-order valence-electron chi connectivity index (χ4n) is 2.20. The number of rotatable bonds is 13. The third-order valence-electron chi connectivity index (χ3n) is 3.39. The van der Waals surface area contributed by atoms with Crippen molar-refractivity contribution in [3.8, 4) is 0 Å². The van der Waals surface area contributed by atoms with Gasteiger partial charge in [0.1, 0.15) is 0 Å². The van der Waals surface area contributed by atoms with Gasteiger partial charge in [-0.15, -0.1) is 0 Å². The second-order valence-electron chi connectivity index (χ2n) is 5.36. The highest BCUT2D eigenvalue weighted by Crippen LogP contribution is 2.12. The zero-order valence-corrected chi connectivity index (χ0v) is 14.1. The van der Waals surface area contributed by atoms with Gasteiger partial charge in [0.05, 0.1) is 18.4 Å². The standard InChI is InChI=1S/C16H30O4S/c1-2-3-4-5-6-7-8-9-10-11-12-13-14-20-16(19)21-15(17)18/h2-14H2,1H3,(H,17,18). The first-order valence-corrected chi connectivity index (χ1v) is 9.06. The van der Waals surface area contributed by atoms with Crippen LogP contribution in [-0.4, -0.2) is 22.3 Å². The average Bonchev–Trinajstić information content (AvgIpc) is 2.43. The van der Waals surface area contributed by atoms with Gasteiger partial charge in [-0.1, -0.05) is 77.6 Å². The molecule has 0 spiro atoms. The van der Waals surface area contributed by atoms with Crippen molar-refractivity contribution in [1.29, 1.82) is 0 Å². The molecular formula is C16H30O4S. The van der Waals surface area contributed by atoms with Crippen LogP contribution in [-0.2, 0) is 4.74 Å². The van der Waals surface area contributed by atoms with Crippen LogP contribution in [0.3, 0.4) is 0 Å². The lowest BCUT2D eigenvalue weighted by Crippen LogP contribution is -2.02. The van der Waals surface area contributed by atoms with E-state index in [1.165, 1.54) is 64.2 Å². The molecule has 0 aromatic rings. The van der Waals surface area contributed by atoms with Crippen LogP contribution >= 0.6 is 11.8 Å². The van der Waals surface area contributed by atoms with Gasteiger partial charge in [0.2, 0.25) is 0 Å². The van der Waals surface area contributed by atoms with Gasteiger partial charge in [0.15, 0.2) is 0 Å². The number of carbonyl (C=O) groups excluding carboxylic acids is 1. The Labute approximate surface area is 133 Å². The Morgan fingerprint density at radius 3 is 1.67 bits per heavy atom. The number of hydrogen-bond donors (Lipinski definition) is 1. The van der Waals surface area contributed by atoms with Crippen LogP contribution in [0.4, 0.5) is 9.59 Å². The Balaban J connectivity index is 3.09.